The van der Waals surface area contributed by atoms with Crippen molar-refractivity contribution in [2.45, 2.75) is 32.2 Å². The van der Waals surface area contributed by atoms with E-state index < -0.39 is 0 Å². The van der Waals surface area contributed by atoms with Crippen LogP contribution >= 0.6 is 0 Å². The van der Waals surface area contributed by atoms with Gasteiger partial charge in [-0.15, -0.1) is 0 Å². The topological polar surface area (TPSA) is 64.4 Å². The molecule has 4 rings (SSSR count). The molecule has 0 aliphatic carbocycles. The first-order valence-electron chi connectivity index (χ1n) is 10.8. The summed E-state index contributed by atoms with van der Waals surface area (Å²) in [5, 5.41) is 0. The summed E-state index contributed by atoms with van der Waals surface area (Å²) in [5.41, 5.74) is 2.95. The molecular weight excluding hydrogens is 402 g/mol. The summed E-state index contributed by atoms with van der Waals surface area (Å²) in [6.07, 6.45) is 9.74. The van der Waals surface area contributed by atoms with Crippen LogP contribution in [0.1, 0.15) is 45.7 Å². The van der Waals surface area contributed by atoms with Crippen molar-refractivity contribution in [3.05, 3.63) is 90.2 Å². The molecule has 3 aromatic rings. The van der Waals surface area contributed by atoms with Crippen LogP contribution in [0.2, 0.25) is 0 Å². The number of nitrogens with zero attached hydrogens (tertiary/aromatic N) is 3. The molecule has 1 aliphatic rings. The maximum atomic E-state index is 13.0. The van der Waals surface area contributed by atoms with Gasteiger partial charge in [0.1, 0.15) is 5.75 Å². The largest absolute Gasteiger partial charge is 0.495 e. The highest BCUT2D eigenvalue weighted by atomic mass is 16.5. The van der Waals surface area contributed by atoms with Gasteiger partial charge in [-0.05, 0) is 44.4 Å². The molecule has 1 unspecified atom stereocenters. The van der Waals surface area contributed by atoms with Crippen molar-refractivity contribution in [3.63, 3.8) is 0 Å². The van der Waals surface area contributed by atoms with E-state index in [4.69, 9.17) is 4.74 Å². The summed E-state index contributed by atoms with van der Waals surface area (Å²) in [4.78, 5) is 32.1. The number of hydrogen-bond acceptors (Lipinski definition) is 5. The number of benzene rings is 2. The maximum Gasteiger partial charge on any atom is 0.187 e. The van der Waals surface area contributed by atoms with E-state index in [0.717, 1.165) is 37.2 Å². The molecular formula is C26H27N3O3. The normalized spacial score (nSPS) is 16.3. The molecule has 1 fully saturated rings. The first-order chi connectivity index (χ1) is 15.6. The average Bonchev–Trinajstić information content (AvgIpc) is 3.28. The number of carbonyl (C=O) groups is 2. The molecule has 164 valence electrons. The van der Waals surface area contributed by atoms with Crippen LogP contribution in [0.25, 0.3) is 5.69 Å². The SMILES string of the molecule is COc1cc(C(=O)/C=C/N2CCCCC2C(=O)c2ccccc2)ccc1-n1cnc(C)c1. The van der Waals surface area contributed by atoms with Gasteiger partial charge >= 0.3 is 0 Å². The molecule has 0 N–H and O–H groups in total. The number of hydrogen-bond donors (Lipinski definition) is 0. The number of ketones is 2. The molecule has 1 aromatic heterocycles. The van der Waals surface area contributed by atoms with E-state index in [-0.39, 0.29) is 17.6 Å². The van der Waals surface area contributed by atoms with Crippen LogP contribution in [0.4, 0.5) is 0 Å². The Morgan fingerprint density at radius 2 is 1.91 bits per heavy atom. The molecule has 1 atom stereocenters. The molecule has 0 bridgehead atoms. The summed E-state index contributed by atoms with van der Waals surface area (Å²) in [6, 6.07) is 14.5. The highest BCUT2D eigenvalue weighted by molar-refractivity contribution is 6.05. The number of ether oxygens (including phenoxy) is 1. The quantitative estimate of drug-likeness (QED) is 0.405. The number of carbonyl (C=O) groups excluding carboxylic acids is 2. The van der Waals surface area contributed by atoms with Crippen molar-refractivity contribution >= 4 is 11.6 Å². The standard InChI is InChI=1S/C26H27N3O3/c1-19-17-29(18-27-19)22-12-11-21(16-25(22)32-2)24(30)13-15-28-14-7-6-10-23(28)26(31)20-8-4-3-5-9-20/h3-5,8-9,11-13,15-18,23H,6-7,10,14H2,1-2H3/b15-13+. The molecule has 1 saturated heterocycles. The van der Waals surface area contributed by atoms with Crippen molar-refractivity contribution < 1.29 is 14.3 Å². The number of aromatic nitrogens is 2. The van der Waals surface area contributed by atoms with Gasteiger partial charge in [0.05, 0.1) is 30.9 Å². The van der Waals surface area contributed by atoms with Crippen molar-refractivity contribution in [2.24, 2.45) is 0 Å². The second-order valence-corrected chi connectivity index (χ2v) is 7.97. The van der Waals surface area contributed by atoms with Gasteiger partial charge in [-0.2, -0.15) is 0 Å². The van der Waals surface area contributed by atoms with Crippen molar-refractivity contribution in [2.75, 3.05) is 13.7 Å². The molecule has 0 radical (unpaired) electrons. The van der Waals surface area contributed by atoms with E-state index in [1.165, 1.54) is 0 Å². The van der Waals surface area contributed by atoms with Gasteiger partial charge in [-0.3, -0.25) is 9.59 Å². The van der Waals surface area contributed by atoms with Crippen LogP contribution < -0.4 is 4.74 Å². The van der Waals surface area contributed by atoms with Gasteiger partial charge in [0.2, 0.25) is 0 Å². The molecule has 6 heteroatoms. The molecule has 1 aliphatic heterocycles. The Hall–Kier alpha value is -3.67. The number of methoxy groups -OCH3 is 1. The summed E-state index contributed by atoms with van der Waals surface area (Å²) in [6.45, 7) is 2.68. The number of imidazole rings is 1. The first kappa shape index (κ1) is 21.6. The third-order valence-electron chi connectivity index (χ3n) is 5.78. The predicted octanol–water partition coefficient (Wildman–Crippen LogP) is 4.62. The Balaban J connectivity index is 1.52. The average molecular weight is 430 g/mol. The number of likely N-dealkylation sites (tertiary alicyclic amines) is 1. The minimum absolute atomic E-state index is 0.101. The zero-order valence-electron chi connectivity index (χ0n) is 18.4. The highest BCUT2D eigenvalue weighted by Crippen LogP contribution is 2.25. The molecule has 2 aromatic carbocycles. The van der Waals surface area contributed by atoms with E-state index in [1.54, 1.807) is 37.8 Å². The molecule has 32 heavy (non-hydrogen) atoms. The van der Waals surface area contributed by atoms with Crippen molar-refractivity contribution in [1.29, 1.82) is 0 Å². The van der Waals surface area contributed by atoms with Gasteiger partial charge in [0, 0.05) is 36.1 Å². The number of allylic oxidation sites excluding steroid dienone is 1. The van der Waals surface area contributed by atoms with Crippen LogP contribution in [-0.4, -0.2) is 45.7 Å². The van der Waals surface area contributed by atoms with E-state index >= 15 is 0 Å². The minimum atomic E-state index is -0.239. The fourth-order valence-electron chi connectivity index (χ4n) is 4.07. The predicted molar refractivity (Wildman–Crippen MR) is 123 cm³/mol. The molecule has 0 amide bonds. The Morgan fingerprint density at radius 1 is 1.09 bits per heavy atom. The summed E-state index contributed by atoms with van der Waals surface area (Å²) >= 11 is 0. The molecule has 6 nitrogen and oxygen atoms in total. The lowest BCUT2D eigenvalue weighted by molar-refractivity contribution is 0.0824. The Morgan fingerprint density at radius 3 is 2.62 bits per heavy atom. The smallest absolute Gasteiger partial charge is 0.187 e. The highest BCUT2D eigenvalue weighted by Gasteiger charge is 2.27. The minimum Gasteiger partial charge on any atom is -0.495 e. The lowest BCUT2D eigenvalue weighted by atomic mass is 9.94. The number of piperidine rings is 1. The Labute approximate surface area is 188 Å². The van der Waals surface area contributed by atoms with Crippen LogP contribution in [0.5, 0.6) is 5.75 Å². The van der Waals surface area contributed by atoms with Gasteiger partial charge < -0.3 is 14.2 Å². The van der Waals surface area contributed by atoms with Crippen LogP contribution in [0.3, 0.4) is 0 Å². The van der Waals surface area contributed by atoms with Gasteiger partial charge in [0.25, 0.3) is 0 Å². The second kappa shape index (κ2) is 9.64. The van der Waals surface area contributed by atoms with Gasteiger partial charge in [0.15, 0.2) is 11.6 Å². The maximum absolute atomic E-state index is 13.0. The van der Waals surface area contributed by atoms with Gasteiger partial charge in [-0.1, -0.05) is 30.3 Å². The molecule has 0 saturated carbocycles. The van der Waals surface area contributed by atoms with Gasteiger partial charge in [-0.25, -0.2) is 4.98 Å². The fourth-order valence-corrected chi connectivity index (χ4v) is 4.07. The summed E-state index contributed by atoms with van der Waals surface area (Å²) in [5.74, 6) is 0.564. The lowest BCUT2D eigenvalue weighted by Crippen LogP contribution is -2.41. The van der Waals surface area contributed by atoms with Crippen LogP contribution in [-0.2, 0) is 0 Å². The first-order valence-corrected chi connectivity index (χ1v) is 10.8. The van der Waals surface area contributed by atoms with Crippen molar-refractivity contribution in [3.8, 4) is 11.4 Å². The van der Waals surface area contributed by atoms with E-state index in [0.29, 0.717) is 16.9 Å². The molecule has 2 heterocycles. The third kappa shape index (κ3) is 4.64. The number of aryl methyl sites for hydroxylation is 1. The van der Waals surface area contributed by atoms with Crippen molar-refractivity contribution in [1.82, 2.24) is 14.5 Å². The van der Waals surface area contributed by atoms with Crippen LogP contribution in [0.15, 0.2) is 73.3 Å². The monoisotopic (exact) mass is 429 g/mol. The van der Waals surface area contributed by atoms with E-state index in [1.807, 2.05) is 59.0 Å². The summed E-state index contributed by atoms with van der Waals surface area (Å²) in [7, 11) is 1.58. The number of Topliss-reactive ketones (excluding diaryl/α,β-unsaturated/α-hetero) is 1. The van der Waals surface area contributed by atoms with Crippen LogP contribution in [0, 0.1) is 6.92 Å². The number of rotatable bonds is 7. The van der Waals surface area contributed by atoms with E-state index in [9.17, 15) is 9.59 Å². The molecule has 0 spiro atoms. The fraction of sp³-hybridized carbons (Fsp3) is 0.269. The zero-order valence-corrected chi connectivity index (χ0v) is 18.4. The lowest BCUT2D eigenvalue weighted by Gasteiger charge is -2.33. The zero-order chi connectivity index (χ0) is 22.5. The van der Waals surface area contributed by atoms with E-state index in [2.05, 4.69) is 4.98 Å². The Kier molecular flexibility index (Phi) is 6.50. The Bertz CT molecular complexity index is 1130. The summed E-state index contributed by atoms with van der Waals surface area (Å²) < 4.78 is 7.38. The third-order valence-corrected chi connectivity index (χ3v) is 5.78. The second-order valence-electron chi connectivity index (χ2n) is 7.97.